The lowest BCUT2D eigenvalue weighted by Crippen LogP contribution is -2.92. The molecule has 0 bridgehead atoms. The van der Waals surface area contributed by atoms with E-state index in [-0.39, 0.29) is 0 Å². The van der Waals surface area contributed by atoms with E-state index in [2.05, 4.69) is 196 Å². The van der Waals surface area contributed by atoms with E-state index in [1.54, 1.807) is 0 Å². The third kappa shape index (κ3) is 4.94. The molecule has 0 radical (unpaired) electrons. The lowest BCUT2D eigenvalue weighted by molar-refractivity contribution is -0.901. The van der Waals surface area contributed by atoms with Crippen LogP contribution in [0.5, 0.6) is 0 Å². The van der Waals surface area contributed by atoms with Gasteiger partial charge >= 0.3 is 8.07 Å². The van der Waals surface area contributed by atoms with Gasteiger partial charge in [0.15, 0.2) is 0 Å². The van der Waals surface area contributed by atoms with Gasteiger partial charge in [-0.2, -0.15) is 9.13 Å². The molecule has 244 valence electrons. The Morgan fingerprint density at radius 3 is 1.10 bits per heavy atom. The average Bonchev–Trinajstić information content (AvgIpc) is 3.72. The first-order valence-electron chi connectivity index (χ1n) is 17.8. The monoisotopic (exact) mass is 650 g/mol. The number of rotatable bonds is 8. The molecule has 7 rings (SSSR count). The Kier molecular flexibility index (Phi) is 8.37. The van der Waals surface area contributed by atoms with E-state index >= 15 is 0 Å². The number of imidazole rings is 2. The van der Waals surface area contributed by atoms with E-state index in [4.69, 9.17) is 0 Å². The van der Waals surface area contributed by atoms with Crippen LogP contribution in [0.3, 0.4) is 0 Å². The topological polar surface area (TPSA) is 17.6 Å². The van der Waals surface area contributed by atoms with E-state index in [9.17, 15) is 0 Å². The normalized spacial score (nSPS) is 13.8. The van der Waals surface area contributed by atoms with Crippen molar-refractivity contribution in [3.63, 3.8) is 0 Å². The SMILES string of the molecule is CC(C)c1cccc(C(C)C)c1-n1cc[n+]2c1[Si](c1ccccc1)(c1ccccc1)c1n(-c3c(C(C)C)cccc3C(C)C)cc[n+]1C2. The molecule has 1 aliphatic heterocycles. The summed E-state index contributed by atoms with van der Waals surface area (Å²) < 4.78 is 10.3. The van der Waals surface area contributed by atoms with Gasteiger partial charge in [0.1, 0.15) is 36.2 Å². The van der Waals surface area contributed by atoms with Gasteiger partial charge in [0.05, 0.1) is 0 Å². The van der Waals surface area contributed by atoms with Gasteiger partial charge in [-0.05, 0) is 34.0 Å². The molecule has 0 atom stereocenters. The summed E-state index contributed by atoms with van der Waals surface area (Å²) in [7, 11) is -3.01. The second kappa shape index (κ2) is 12.5. The first kappa shape index (κ1) is 32.1. The molecule has 48 heavy (non-hydrogen) atoms. The van der Waals surface area contributed by atoms with Crippen LogP contribution in [0.15, 0.2) is 122 Å². The largest absolute Gasteiger partial charge is 0.382 e. The number of nitrogens with zero attached hydrogens (tertiary/aromatic N) is 4. The van der Waals surface area contributed by atoms with Gasteiger partial charge in [0.25, 0.3) is 10.9 Å². The maximum absolute atomic E-state index is 3.01. The second-order valence-electron chi connectivity index (χ2n) is 14.7. The van der Waals surface area contributed by atoms with Crippen LogP contribution in [0.1, 0.15) is 101 Å². The van der Waals surface area contributed by atoms with Gasteiger partial charge < -0.3 is 0 Å². The highest BCUT2D eigenvalue weighted by Crippen LogP contribution is 2.33. The molecule has 4 aromatic carbocycles. The molecule has 4 nitrogen and oxygen atoms in total. The van der Waals surface area contributed by atoms with Crippen LogP contribution < -0.4 is 30.4 Å². The molecule has 0 fully saturated rings. The molecule has 0 saturated carbocycles. The highest BCUT2D eigenvalue weighted by atomic mass is 28.3. The summed E-state index contributed by atoms with van der Waals surface area (Å²) in [6.07, 6.45) is 9.38. The van der Waals surface area contributed by atoms with Crippen LogP contribution in [-0.4, -0.2) is 17.2 Å². The molecule has 3 heterocycles. The van der Waals surface area contributed by atoms with E-state index in [0.717, 1.165) is 6.67 Å². The van der Waals surface area contributed by atoms with Crippen molar-refractivity contribution in [1.29, 1.82) is 0 Å². The van der Waals surface area contributed by atoms with Crippen molar-refractivity contribution in [2.75, 3.05) is 0 Å². The third-order valence-corrected chi connectivity index (χ3v) is 15.1. The van der Waals surface area contributed by atoms with E-state index in [1.807, 2.05) is 0 Å². The van der Waals surface area contributed by atoms with Gasteiger partial charge in [0.2, 0.25) is 6.67 Å². The van der Waals surface area contributed by atoms with Crippen LogP contribution in [0, 0.1) is 0 Å². The Bertz CT molecular complexity index is 1860. The van der Waals surface area contributed by atoms with Crippen molar-refractivity contribution in [1.82, 2.24) is 9.13 Å². The predicted octanol–water partition coefficient (Wildman–Crippen LogP) is 6.53. The lowest BCUT2D eigenvalue weighted by atomic mass is 9.92. The predicted molar refractivity (Wildman–Crippen MR) is 201 cm³/mol. The van der Waals surface area contributed by atoms with Gasteiger partial charge in [-0.3, -0.25) is 0 Å². The summed E-state index contributed by atoms with van der Waals surface area (Å²) in [5, 5.41) is 2.78. The van der Waals surface area contributed by atoms with Crippen LogP contribution in [0.25, 0.3) is 11.4 Å². The Morgan fingerprint density at radius 1 is 0.458 bits per heavy atom. The summed E-state index contributed by atoms with van der Waals surface area (Å²) in [6.45, 7) is 19.4. The zero-order valence-electron chi connectivity index (χ0n) is 29.9. The summed E-state index contributed by atoms with van der Waals surface area (Å²) >= 11 is 0. The number of hydrogen-bond acceptors (Lipinski definition) is 0. The first-order chi connectivity index (χ1) is 23.2. The van der Waals surface area contributed by atoms with Gasteiger partial charge in [0, 0.05) is 22.3 Å². The highest BCUT2D eigenvalue weighted by Gasteiger charge is 2.63. The second-order valence-corrected chi connectivity index (χ2v) is 18.3. The minimum atomic E-state index is -3.01. The summed E-state index contributed by atoms with van der Waals surface area (Å²) in [5.41, 5.74) is 11.0. The number of fused-ring (bicyclic) bond motifs is 2. The molecule has 0 unspecified atom stereocenters. The fraction of sp³-hybridized carbons (Fsp3) is 0.302. The van der Waals surface area contributed by atoms with Gasteiger partial charge in [-0.15, -0.1) is 0 Å². The molecule has 0 N–H and O–H groups in total. The maximum atomic E-state index is 2.61. The zero-order valence-corrected chi connectivity index (χ0v) is 30.9. The smallest absolute Gasteiger partial charge is 0.203 e. The molecule has 6 aromatic rings. The molecule has 0 saturated heterocycles. The number of hydrogen-bond donors (Lipinski definition) is 0. The Balaban J connectivity index is 1.69. The van der Waals surface area contributed by atoms with E-state index in [1.165, 1.54) is 54.9 Å². The molecule has 2 aromatic heterocycles. The maximum Gasteiger partial charge on any atom is 0.382 e. The minimum absolute atomic E-state index is 0.384. The number of aromatic nitrogens is 4. The summed E-state index contributed by atoms with van der Waals surface area (Å²) in [4.78, 5) is 0. The standard InChI is InChI=1S/C43H50N4Si/c1-30(2)36-21-15-22-37(31(3)4)40(36)46-27-25-44-29-45-26-28-47(41-38(32(5)6)23-16-24-39(41)33(7)8)43(45)48(42(44)46,34-17-11-9-12-18-34)35-19-13-10-14-20-35/h9-28,30-33H,29H2,1-8H3/q+2. The summed E-state index contributed by atoms with van der Waals surface area (Å²) in [5.74, 6) is 1.54. The van der Waals surface area contributed by atoms with E-state index < -0.39 is 8.07 Å². The Hall–Kier alpha value is -4.48. The molecular weight excluding hydrogens is 601 g/mol. The van der Waals surface area contributed by atoms with Crippen molar-refractivity contribution in [2.45, 2.75) is 85.7 Å². The molecule has 5 heteroatoms. The van der Waals surface area contributed by atoms with Crippen molar-refractivity contribution in [3.05, 3.63) is 144 Å². The van der Waals surface area contributed by atoms with Crippen molar-refractivity contribution in [2.24, 2.45) is 0 Å². The fourth-order valence-electron chi connectivity index (χ4n) is 8.14. The molecule has 0 amide bonds. The van der Waals surface area contributed by atoms with Crippen molar-refractivity contribution >= 4 is 29.3 Å². The van der Waals surface area contributed by atoms with Crippen molar-refractivity contribution < 1.29 is 9.13 Å². The molecule has 1 aliphatic rings. The Morgan fingerprint density at radius 2 is 0.792 bits per heavy atom. The Labute approximate surface area is 288 Å². The van der Waals surface area contributed by atoms with Gasteiger partial charge in [-0.25, -0.2) is 9.13 Å². The van der Waals surface area contributed by atoms with Gasteiger partial charge in [-0.1, -0.05) is 152 Å². The van der Waals surface area contributed by atoms with Crippen LogP contribution in [-0.2, 0) is 6.67 Å². The van der Waals surface area contributed by atoms with Crippen molar-refractivity contribution in [3.8, 4) is 11.4 Å². The minimum Gasteiger partial charge on any atom is -0.203 e. The fourth-order valence-corrected chi connectivity index (χ4v) is 13.3. The highest BCUT2D eigenvalue weighted by molar-refractivity contribution is 7.18. The molecular formula is C43H50N4Si+2. The third-order valence-electron chi connectivity index (χ3n) is 10.3. The number of benzene rings is 4. The van der Waals surface area contributed by atoms with Crippen LogP contribution in [0.4, 0.5) is 0 Å². The van der Waals surface area contributed by atoms with Crippen LogP contribution in [0.2, 0.25) is 0 Å². The number of para-hydroxylation sites is 2. The quantitative estimate of drug-likeness (QED) is 0.132. The van der Waals surface area contributed by atoms with E-state index in [0.29, 0.717) is 23.7 Å². The molecule has 0 spiro atoms. The first-order valence-corrected chi connectivity index (χ1v) is 19.8. The van der Waals surface area contributed by atoms with Crippen LogP contribution >= 0.6 is 0 Å². The lowest BCUT2D eigenvalue weighted by Gasteiger charge is -2.31. The summed E-state index contributed by atoms with van der Waals surface area (Å²) in [6, 6.07) is 36.7. The average molecular weight is 651 g/mol. The molecule has 0 aliphatic carbocycles. The zero-order chi connectivity index (χ0) is 33.7.